The van der Waals surface area contributed by atoms with Gasteiger partial charge < -0.3 is 15.5 Å². The largest absolute Gasteiger partial charge is 0.378 e. The SMILES string of the molecule is Cc1ccc(NC(=O)c2ccc(Nc3ccc(N(C)C)cc3)cn2)cc1. The van der Waals surface area contributed by atoms with E-state index in [9.17, 15) is 4.79 Å². The quantitative estimate of drug-likeness (QED) is 0.716. The standard InChI is InChI=1S/C21H22N4O/c1-15-4-6-17(7-5-15)24-21(26)20-13-10-18(14-22-20)23-16-8-11-19(12-9-16)25(2)3/h4-14,23H,1-3H3,(H,24,26). The molecule has 0 spiro atoms. The van der Waals surface area contributed by atoms with E-state index in [0.29, 0.717) is 5.69 Å². The molecular weight excluding hydrogens is 324 g/mol. The summed E-state index contributed by atoms with van der Waals surface area (Å²) in [7, 11) is 4.01. The van der Waals surface area contributed by atoms with E-state index < -0.39 is 0 Å². The molecule has 26 heavy (non-hydrogen) atoms. The summed E-state index contributed by atoms with van der Waals surface area (Å²) in [5, 5.41) is 6.12. The zero-order valence-electron chi connectivity index (χ0n) is 15.2. The first kappa shape index (κ1) is 17.5. The number of carbonyl (C=O) groups excluding carboxylic acids is 1. The smallest absolute Gasteiger partial charge is 0.274 e. The van der Waals surface area contributed by atoms with Gasteiger partial charge in [-0.25, -0.2) is 4.98 Å². The van der Waals surface area contributed by atoms with Crippen molar-refractivity contribution < 1.29 is 4.79 Å². The van der Waals surface area contributed by atoms with Crippen LogP contribution in [-0.2, 0) is 0 Å². The minimum atomic E-state index is -0.226. The summed E-state index contributed by atoms with van der Waals surface area (Å²) in [6.07, 6.45) is 1.66. The molecule has 1 aromatic heterocycles. The van der Waals surface area contributed by atoms with Crippen LogP contribution >= 0.6 is 0 Å². The Hall–Kier alpha value is -3.34. The molecule has 1 amide bonds. The van der Waals surface area contributed by atoms with Crippen LogP contribution in [0.5, 0.6) is 0 Å². The number of aryl methyl sites for hydroxylation is 1. The van der Waals surface area contributed by atoms with Crippen molar-refractivity contribution in [3.05, 3.63) is 78.1 Å². The van der Waals surface area contributed by atoms with E-state index in [2.05, 4.69) is 15.6 Å². The van der Waals surface area contributed by atoms with Gasteiger partial charge in [-0.3, -0.25) is 4.79 Å². The van der Waals surface area contributed by atoms with Gasteiger partial charge in [-0.15, -0.1) is 0 Å². The zero-order chi connectivity index (χ0) is 18.5. The van der Waals surface area contributed by atoms with Gasteiger partial charge in [0.25, 0.3) is 5.91 Å². The Morgan fingerprint density at radius 1 is 0.846 bits per heavy atom. The Bertz CT molecular complexity index is 869. The second kappa shape index (κ2) is 7.70. The molecule has 5 heteroatoms. The topological polar surface area (TPSA) is 57.3 Å². The van der Waals surface area contributed by atoms with Crippen molar-refractivity contribution in [2.45, 2.75) is 6.92 Å². The molecule has 132 valence electrons. The summed E-state index contributed by atoms with van der Waals surface area (Å²) >= 11 is 0. The highest BCUT2D eigenvalue weighted by Crippen LogP contribution is 2.20. The third-order valence-corrected chi connectivity index (χ3v) is 3.98. The summed E-state index contributed by atoms with van der Waals surface area (Å²) < 4.78 is 0. The molecule has 0 unspecified atom stereocenters. The van der Waals surface area contributed by atoms with Crippen molar-refractivity contribution in [3.63, 3.8) is 0 Å². The Kier molecular flexibility index (Phi) is 5.17. The van der Waals surface area contributed by atoms with E-state index in [0.717, 1.165) is 28.3 Å². The molecule has 0 saturated heterocycles. The van der Waals surface area contributed by atoms with Gasteiger partial charge in [-0.2, -0.15) is 0 Å². The van der Waals surface area contributed by atoms with Crippen molar-refractivity contribution in [2.75, 3.05) is 29.6 Å². The molecule has 0 aliphatic rings. The van der Waals surface area contributed by atoms with Crippen LogP contribution in [0.4, 0.5) is 22.7 Å². The summed E-state index contributed by atoms with van der Waals surface area (Å²) in [6, 6.07) is 19.3. The van der Waals surface area contributed by atoms with Crippen LogP contribution in [0, 0.1) is 6.92 Å². The lowest BCUT2D eigenvalue weighted by Gasteiger charge is -2.13. The predicted octanol–water partition coefficient (Wildman–Crippen LogP) is 4.45. The highest BCUT2D eigenvalue weighted by Gasteiger charge is 2.08. The van der Waals surface area contributed by atoms with E-state index in [1.165, 1.54) is 0 Å². The number of nitrogens with one attached hydrogen (secondary N) is 2. The molecule has 0 radical (unpaired) electrons. The number of hydrogen-bond donors (Lipinski definition) is 2. The molecule has 0 aliphatic carbocycles. The monoisotopic (exact) mass is 346 g/mol. The van der Waals surface area contributed by atoms with Crippen molar-refractivity contribution in [1.82, 2.24) is 4.98 Å². The molecule has 1 heterocycles. The highest BCUT2D eigenvalue weighted by atomic mass is 16.1. The van der Waals surface area contributed by atoms with E-state index in [1.54, 1.807) is 12.3 Å². The van der Waals surface area contributed by atoms with Gasteiger partial charge in [0.05, 0.1) is 11.9 Å². The zero-order valence-corrected chi connectivity index (χ0v) is 15.2. The molecule has 5 nitrogen and oxygen atoms in total. The minimum absolute atomic E-state index is 0.226. The van der Waals surface area contributed by atoms with E-state index in [4.69, 9.17) is 0 Å². The van der Waals surface area contributed by atoms with E-state index >= 15 is 0 Å². The molecule has 0 fully saturated rings. The molecule has 0 saturated carbocycles. The van der Waals surface area contributed by atoms with E-state index in [-0.39, 0.29) is 5.91 Å². The van der Waals surface area contributed by atoms with Crippen molar-refractivity contribution in [1.29, 1.82) is 0 Å². The number of rotatable bonds is 5. The third kappa shape index (κ3) is 4.39. The van der Waals surface area contributed by atoms with Crippen LogP contribution < -0.4 is 15.5 Å². The normalized spacial score (nSPS) is 10.3. The van der Waals surface area contributed by atoms with Gasteiger partial charge in [0.1, 0.15) is 5.69 Å². The van der Waals surface area contributed by atoms with Crippen molar-refractivity contribution in [3.8, 4) is 0 Å². The number of hydrogen-bond acceptors (Lipinski definition) is 4. The van der Waals surface area contributed by atoms with Gasteiger partial charge in [0.15, 0.2) is 0 Å². The summed E-state index contributed by atoms with van der Waals surface area (Å²) in [4.78, 5) is 18.6. The number of aromatic nitrogens is 1. The van der Waals surface area contributed by atoms with Crippen LogP contribution in [0.3, 0.4) is 0 Å². The second-order valence-corrected chi connectivity index (χ2v) is 6.32. The fourth-order valence-corrected chi connectivity index (χ4v) is 2.44. The molecule has 3 aromatic rings. The maximum Gasteiger partial charge on any atom is 0.274 e. The molecular formula is C21H22N4O. The van der Waals surface area contributed by atoms with Gasteiger partial charge in [-0.1, -0.05) is 17.7 Å². The molecule has 2 aromatic carbocycles. The first-order valence-electron chi connectivity index (χ1n) is 8.40. The fourth-order valence-electron chi connectivity index (χ4n) is 2.44. The average Bonchev–Trinajstić information content (AvgIpc) is 2.64. The fraction of sp³-hybridized carbons (Fsp3) is 0.143. The maximum atomic E-state index is 12.3. The second-order valence-electron chi connectivity index (χ2n) is 6.32. The Morgan fingerprint density at radius 3 is 2.04 bits per heavy atom. The highest BCUT2D eigenvalue weighted by molar-refractivity contribution is 6.02. The lowest BCUT2D eigenvalue weighted by atomic mass is 10.2. The van der Waals surface area contributed by atoms with Crippen LogP contribution in [0.2, 0.25) is 0 Å². The molecule has 3 rings (SSSR count). The lowest BCUT2D eigenvalue weighted by molar-refractivity contribution is 0.102. The van der Waals surface area contributed by atoms with E-state index in [1.807, 2.05) is 80.5 Å². The Labute approximate surface area is 153 Å². The van der Waals surface area contributed by atoms with Crippen molar-refractivity contribution >= 4 is 28.7 Å². The summed E-state index contributed by atoms with van der Waals surface area (Å²) in [6.45, 7) is 2.01. The Balaban J connectivity index is 1.64. The van der Waals surface area contributed by atoms with Crippen LogP contribution in [0.25, 0.3) is 0 Å². The third-order valence-electron chi connectivity index (χ3n) is 3.98. The number of pyridine rings is 1. The van der Waals surface area contributed by atoms with Crippen LogP contribution in [0.15, 0.2) is 66.9 Å². The predicted molar refractivity (Wildman–Crippen MR) is 107 cm³/mol. The van der Waals surface area contributed by atoms with Gasteiger partial charge in [0.2, 0.25) is 0 Å². The molecule has 0 bridgehead atoms. The first-order chi connectivity index (χ1) is 12.5. The summed E-state index contributed by atoms with van der Waals surface area (Å²) in [5.41, 5.74) is 5.21. The van der Waals surface area contributed by atoms with Crippen LogP contribution in [0.1, 0.15) is 16.1 Å². The lowest BCUT2D eigenvalue weighted by Crippen LogP contribution is -2.13. The van der Waals surface area contributed by atoms with Crippen LogP contribution in [-0.4, -0.2) is 25.0 Å². The summed E-state index contributed by atoms with van der Waals surface area (Å²) in [5.74, 6) is -0.226. The number of carbonyl (C=O) groups is 1. The maximum absolute atomic E-state index is 12.3. The average molecular weight is 346 g/mol. The number of anilines is 4. The van der Waals surface area contributed by atoms with Gasteiger partial charge >= 0.3 is 0 Å². The Morgan fingerprint density at radius 2 is 1.46 bits per heavy atom. The van der Waals surface area contributed by atoms with Gasteiger partial charge in [0, 0.05) is 31.2 Å². The van der Waals surface area contributed by atoms with Gasteiger partial charge in [-0.05, 0) is 55.5 Å². The molecule has 0 aliphatic heterocycles. The first-order valence-corrected chi connectivity index (χ1v) is 8.40. The minimum Gasteiger partial charge on any atom is -0.378 e. The number of benzene rings is 2. The molecule has 0 atom stereocenters. The van der Waals surface area contributed by atoms with Crippen molar-refractivity contribution in [2.24, 2.45) is 0 Å². The number of amides is 1. The number of nitrogens with zero attached hydrogens (tertiary/aromatic N) is 2. The molecule has 2 N–H and O–H groups in total.